The van der Waals surface area contributed by atoms with Crippen LogP contribution in [-0.2, 0) is 10.0 Å². The number of aliphatic hydroxyl groups is 1. The highest BCUT2D eigenvalue weighted by Crippen LogP contribution is 2.37. The van der Waals surface area contributed by atoms with Gasteiger partial charge in [0.2, 0.25) is 10.0 Å². The molecule has 24 heavy (non-hydrogen) atoms. The molecule has 0 unspecified atom stereocenters. The lowest BCUT2D eigenvalue weighted by Crippen LogP contribution is -2.38. The number of aliphatic hydroxyl groups excluding tert-OH is 1. The lowest BCUT2D eigenvalue weighted by molar-refractivity contribution is 0.134. The summed E-state index contributed by atoms with van der Waals surface area (Å²) >= 11 is 0. The molecule has 0 atom stereocenters. The van der Waals surface area contributed by atoms with E-state index in [2.05, 4.69) is 4.72 Å². The Labute approximate surface area is 144 Å². The summed E-state index contributed by atoms with van der Waals surface area (Å²) < 4.78 is 33.5. The Balaban J connectivity index is 1.61. The molecule has 0 amide bonds. The van der Waals surface area contributed by atoms with Crippen molar-refractivity contribution in [3.63, 3.8) is 0 Å². The summed E-state index contributed by atoms with van der Waals surface area (Å²) in [5.41, 5.74) is -0.293. The minimum absolute atomic E-state index is 0.0314. The number of hydrogen-bond acceptors (Lipinski definition) is 4. The standard InChI is InChI=1S/C18H27NO4S/c20-14-18(11-3-4-12-18)13-19-24(21,22)17-9-7-16(8-10-17)23-15-5-1-2-6-15/h7-10,15,19-20H,1-6,11-14H2. The van der Waals surface area contributed by atoms with Crippen LogP contribution in [0.3, 0.4) is 0 Å². The largest absolute Gasteiger partial charge is 0.490 e. The Hall–Kier alpha value is -1.11. The zero-order chi connectivity index (χ0) is 17.0. The fraction of sp³-hybridized carbons (Fsp3) is 0.667. The van der Waals surface area contributed by atoms with Gasteiger partial charge in [0.05, 0.1) is 11.0 Å². The van der Waals surface area contributed by atoms with Gasteiger partial charge in [-0.3, -0.25) is 0 Å². The van der Waals surface area contributed by atoms with Crippen LogP contribution in [0.1, 0.15) is 51.4 Å². The first-order valence-corrected chi connectivity index (χ1v) is 10.4. The highest BCUT2D eigenvalue weighted by molar-refractivity contribution is 7.89. The molecule has 1 aromatic carbocycles. The highest BCUT2D eigenvalue weighted by atomic mass is 32.2. The molecular weight excluding hydrogens is 326 g/mol. The number of hydrogen-bond donors (Lipinski definition) is 2. The first-order chi connectivity index (χ1) is 11.5. The van der Waals surface area contributed by atoms with Crippen LogP contribution in [0.15, 0.2) is 29.2 Å². The van der Waals surface area contributed by atoms with Gasteiger partial charge in [0.1, 0.15) is 5.75 Å². The first kappa shape index (κ1) is 17.7. The minimum atomic E-state index is -3.56. The van der Waals surface area contributed by atoms with Gasteiger partial charge < -0.3 is 9.84 Å². The van der Waals surface area contributed by atoms with Crippen molar-refractivity contribution >= 4 is 10.0 Å². The van der Waals surface area contributed by atoms with Gasteiger partial charge in [-0.05, 0) is 62.8 Å². The zero-order valence-electron chi connectivity index (χ0n) is 14.0. The number of sulfonamides is 1. The molecule has 3 rings (SSSR count). The van der Waals surface area contributed by atoms with Crippen LogP contribution in [0.25, 0.3) is 0 Å². The molecular formula is C18H27NO4S. The normalized spacial score (nSPS) is 21.2. The zero-order valence-corrected chi connectivity index (χ0v) is 14.9. The van der Waals surface area contributed by atoms with Crippen LogP contribution < -0.4 is 9.46 Å². The van der Waals surface area contributed by atoms with Crippen LogP contribution in [0.5, 0.6) is 5.75 Å². The van der Waals surface area contributed by atoms with E-state index in [0.717, 1.165) is 44.3 Å². The van der Waals surface area contributed by atoms with Crippen molar-refractivity contribution < 1.29 is 18.3 Å². The van der Waals surface area contributed by atoms with Gasteiger partial charge >= 0.3 is 0 Å². The monoisotopic (exact) mass is 353 g/mol. The van der Waals surface area contributed by atoms with Crippen molar-refractivity contribution in [1.82, 2.24) is 4.72 Å². The van der Waals surface area contributed by atoms with Crippen molar-refractivity contribution in [3.8, 4) is 5.75 Å². The molecule has 6 heteroatoms. The topological polar surface area (TPSA) is 75.6 Å². The van der Waals surface area contributed by atoms with Crippen molar-refractivity contribution in [2.24, 2.45) is 5.41 Å². The molecule has 5 nitrogen and oxygen atoms in total. The average molecular weight is 353 g/mol. The third kappa shape index (κ3) is 4.10. The van der Waals surface area contributed by atoms with E-state index in [1.54, 1.807) is 24.3 Å². The second-order valence-corrected chi connectivity index (χ2v) is 8.95. The third-order valence-electron chi connectivity index (χ3n) is 5.38. The molecule has 0 saturated heterocycles. The summed E-state index contributed by atoms with van der Waals surface area (Å²) in [6, 6.07) is 6.63. The molecule has 2 saturated carbocycles. The van der Waals surface area contributed by atoms with Crippen molar-refractivity contribution in [1.29, 1.82) is 0 Å². The quantitative estimate of drug-likeness (QED) is 0.790. The van der Waals surface area contributed by atoms with Crippen molar-refractivity contribution in [3.05, 3.63) is 24.3 Å². The maximum absolute atomic E-state index is 12.5. The minimum Gasteiger partial charge on any atom is -0.490 e. The molecule has 0 aromatic heterocycles. The smallest absolute Gasteiger partial charge is 0.240 e. The fourth-order valence-electron chi connectivity index (χ4n) is 3.74. The Morgan fingerprint density at radius 1 is 1.08 bits per heavy atom. The maximum atomic E-state index is 12.5. The lowest BCUT2D eigenvalue weighted by Gasteiger charge is -2.26. The van der Waals surface area contributed by atoms with Crippen LogP contribution in [0.4, 0.5) is 0 Å². The number of benzene rings is 1. The van der Waals surface area contributed by atoms with E-state index in [-0.39, 0.29) is 23.0 Å². The SMILES string of the molecule is O=S(=O)(NCC1(CO)CCCC1)c1ccc(OC2CCCC2)cc1. The van der Waals surface area contributed by atoms with Gasteiger partial charge in [0, 0.05) is 18.6 Å². The van der Waals surface area contributed by atoms with Gasteiger partial charge in [0.25, 0.3) is 0 Å². The molecule has 2 N–H and O–H groups in total. The van der Waals surface area contributed by atoms with E-state index in [1.807, 2.05) is 0 Å². The Morgan fingerprint density at radius 2 is 1.71 bits per heavy atom. The molecule has 2 aliphatic rings. The third-order valence-corrected chi connectivity index (χ3v) is 6.79. The summed E-state index contributed by atoms with van der Waals surface area (Å²) in [5, 5.41) is 9.60. The second kappa shape index (κ2) is 7.42. The first-order valence-electron chi connectivity index (χ1n) is 8.90. The Kier molecular flexibility index (Phi) is 5.47. The summed E-state index contributed by atoms with van der Waals surface area (Å²) in [6.07, 6.45) is 8.67. The van der Waals surface area contributed by atoms with E-state index < -0.39 is 10.0 Å². The van der Waals surface area contributed by atoms with E-state index in [0.29, 0.717) is 6.54 Å². The van der Waals surface area contributed by atoms with E-state index in [4.69, 9.17) is 4.74 Å². The Bertz CT molecular complexity index is 629. The fourth-order valence-corrected chi connectivity index (χ4v) is 4.90. The molecule has 1 aromatic rings. The van der Waals surface area contributed by atoms with Crippen LogP contribution in [0.2, 0.25) is 0 Å². The van der Waals surface area contributed by atoms with Gasteiger partial charge in [-0.1, -0.05) is 12.8 Å². The van der Waals surface area contributed by atoms with Gasteiger partial charge in [0.15, 0.2) is 0 Å². The molecule has 2 fully saturated rings. The van der Waals surface area contributed by atoms with E-state index >= 15 is 0 Å². The molecule has 0 spiro atoms. The van der Waals surface area contributed by atoms with Crippen molar-refractivity contribution in [2.75, 3.05) is 13.2 Å². The number of nitrogens with one attached hydrogen (secondary N) is 1. The molecule has 0 bridgehead atoms. The summed E-state index contributed by atoms with van der Waals surface area (Å²) in [4.78, 5) is 0.243. The summed E-state index contributed by atoms with van der Waals surface area (Å²) in [7, 11) is -3.56. The lowest BCUT2D eigenvalue weighted by atomic mass is 9.88. The predicted octanol–water partition coefficient (Wildman–Crippen LogP) is 2.84. The highest BCUT2D eigenvalue weighted by Gasteiger charge is 2.34. The average Bonchev–Trinajstić information content (AvgIpc) is 3.26. The molecule has 0 heterocycles. The van der Waals surface area contributed by atoms with Crippen LogP contribution >= 0.6 is 0 Å². The van der Waals surface area contributed by atoms with Crippen LogP contribution in [0, 0.1) is 5.41 Å². The molecule has 2 aliphatic carbocycles. The summed E-state index contributed by atoms with van der Waals surface area (Å²) in [5.74, 6) is 0.725. The van der Waals surface area contributed by atoms with Gasteiger partial charge in [-0.2, -0.15) is 0 Å². The number of rotatable bonds is 7. The molecule has 134 valence electrons. The maximum Gasteiger partial charge on any atom is 0.240 e. The van der Waals surface area contributed by atoms with Crippen molar-refractivity contribution in [2.45, 2.75) is 62.4 Å². The predicted molar refractivity (Wildman–Crippen MR) is 92.5 cm³/mol. The van der Waals surface area contributed by atoms with E-state index in [9.17, 15) is 13.5 Å². The number of ether oxygens (including phenoxy) is 1. The van der Waals surface area contributed by atoms with Gasteiger partial charge in [-0.15, -0.1) is 0 Å². The van der Waals surface area contributed by atoms with Crippen LogP contribution in [-0.4, -0.2) is 32.8 Å². The van der Waals surface area contributed by atoms with Gasteiger partial charge in [-0.25, -0.2) is 13.1 Å². The second-order valence-electron chi connectivity index (χ2n) is 7.19. The van der Waals surface area contributed by atoms with E-state index in [1.165, 1.54) is 12.8 Å². The Morgan fingerprint density at radius 3 is 2.29 bits per heavy atom. The molecule has 0 radical (unpaired) electrons. The molecule has 0 aliphatic heterocycles. The summed E-state index contributed by atoms with van der Waals surface area (Å²) in [6.45, 7) is 0.329.